The number of benzene rings is 1. The number of nitrogens with one attached hydrogen (secondary N) is 1. The van der Waals surface area contributed by atoms with Gasteiger partial charge >= 0.3 is 5.97 Å². The first-order valence-electron chi connectivity index (χ1n) is 6.09. The lowest BCUT2D eigenvalue weighted by molar-refractivity contribution is -0.146. The fourth-order valence-electron chi connectivity index (χ4n) is 1.68. The molecule has 1 aromatic rings. The number of carbonyl (C=O) groups is 2. The Hall–Kier alpha value is -2.04. The number of methoxy groups -OCH3 is 1. The van der Waals surface area contributed by atoms with Gasteiger partial charge in [-0.05, 0) is 12.0 Å². The number of carbonyl (C=O) groups excluding carboxylic acids is 2. The molecule has 0 aromatic heterocycles. The third-order valence-electron chi connectivity index (χ3n) is 2.78. The minimum Gasteiger partial charge on any atom is -0.508 e. The molecular weight excluding hydrogens is 246 g/mol. The molecule has 0 aliphatic rings. The molecule has 0 spiro atoms. The highest BCUT2D eigenvalue weighted by atomic mass is 16.5. The maximum absolute atomic E-state index is 11.9. The van der Waals surface area contributed by atoms with Crippen LogP contribution in [0.2, 0.25) is 0 Å². The van der Waals surface area contributed by atoms with Crippen LogP contribution in [0.3, 0.4) is 0 Å². The summed E-state index contributed by atoms with van der Waals surface area (Å²) in [6.45, 7) is 3.64. The number of esters is 1. The van der Waals surface area contributed by atoms with Crippen LogP contribution in [0.15, 0.2) is 24.3 Å². The number of phenolic OH excluding ortho intramolecular Hbond substituents is 1. The fraction of sp³-hybridized carbons (Fsp3) is 0.429. The maximum atomic E-state index is 11.9. The molecule has 1 unspecified atom stereocenters. The van der Waals surface area contributed by atoms with E-state index in [-0.39, 0.29) is 24.0 Å². The van der Waals surface area contributed by atoms with Crippen molar-refractivity contribution in [2.45, 2.75) is 26.3 Å². The molecule has 0 saturated heterocycles. The number of para-hydroxylation sites is 1. The Labute approximate surface area is 112 Å². The maximum Gasteiger partial charge on any atom is 0.328 e. The summed E-state index contributed by atoms with van der Waals surface area (Å²) in [5.41, 5.74) is 0.521. The van der Waals surface area contributed by atoms with Gasteiger partial charge in [0.05, 0.1) is 13.5 Å². The Morgan fingerprint density at radius 1 is 1.32 bits per heavy atom. The Bertz CT molecular complexity index is 457. The fourth-order valence-corrected chi connectivity index (χ4v) is 1.68. The van der Waals surface area contributed by atoms with E-state index >= 15 is 0 Å². The minimum absolute atomic E-state index is 0.0207. The summed E-state index contributed by atoms with van der Waals surface area (Å²) >= 11 is 0. The quantitative estimate of drug-likeness (QED) is 0.786. The smallest absolute Gasteiger partial charge is 0.328 e. The highest BCUT2D eigenvalue weighted by Gasteiger charge is 2.24. The van der Waals surface area contributed by atoms with Crippen molar-refractivity contribution in [2.75, 3.05) is 7.11 Å². The van der Waals surface area contributed by atoms with E-state index < -0.39 is 12.0 Å². The average molecular weight is 265 g/mol. The average Bonchev–Trinajstić information content (AvgIpc) is 2.37. The lowest BCUT2D eigenvalue weighted by atomic mass is 10.0. The molecule has 0 heterocycles. The number of aromatic hydroxyl groups is 1. The van der Waals surface area contributed by atoms with Crippen LogP contribution in [0, 0.1) is 5.92 Å². The summed E-state index contributed by atoms with van der Waals surface area (Å²) in [5, 5.41) is 12.2. The molecule has 0 bridgehead atoms. The standard InChI is InChI=1S/C14H19NO4/c1-9(2)13(14(18)19-3)15-12(17)8-10-6-4-5-7-11(10)16/h4-7,9,13,16H,8H2,1-3H3,(H,15,17). The van der Waals surface area contributed by atoms with Crippen molar-refractivity contribution in [1.82, 2.24) is 5.32 Å². The first-order chi connectivity index (χ1) is 8.95. The lowest BCUT2D eigenvalue weighted by Gasteiger charge is -2.19. The van der Waals surface area contributed by atoms with Gasteiger partial charge in [0.2, 0.25) is 5.91 Å². The molecule has 2 N–H and O–H groups in total. The van der Waals surface area contributed by atoms with E-state index in [9.17, 15) is 14.7 Å². The van der Waals surface area contributed by atoms with Crippen LogP contribution in [0.5, 0.6) is 5.75 Å². The van der Waals surface area contributed by atoms with Gasteiger partial charge < -0.3 is 15.2 Å². The van der Waals surface area contributed by atoms with E-state index in [4.69, 9.17) is 0 Å². The van der Waals surface area contributed by atoms with E-state index in [1.165, 1.54) is 13.2 Å². The Balaban J connectivity index is 2.68. The summed E-state index contributed by atoms with van der Waals surface area (Å²) in [6.07, 6.45) is 0.0207. The van der Waals surface area contributed by atoms with Crippen molar-refractivity contribution >= 4 is 11.9 Å². The van der Waals surface area contributed by atoms with Crippen LogP contribution in [-0.4, -0.2) is 30.1 Å². The van der Waals surface area contributed by atoms with E-state index in [0.29, 0.717) is 5.56 Å². The number of rotatable bonds is 5. The molecule has 104 valence electrons. The molecule has 1 atom stereocenters. The number of hydrogen-bond donors (Lipinski definition) is 2. The second-order valence-electron chi connectivity index (χ2n) is 4.62. The highest BCUT2D eigenvalue weighted by Crippen LogP contribution is 2.16. The molecule has 5 nitrogen and oxygen atoms in total. The van der Waals surface area contributed by atoms with Crippen molar-refractivity contribution in [3.8, 4) is 5.75 Å². The molecule has 1 amide bonds. The molecule has 0 saturated carbocycles. The predicted molar refractivity (Wildman–Crippen MR) is 70.6 cm³/mol. The zero-order valence-corrected chi connectivity index (χ0v) is 11.3. The van der Waals surface area contributed by atoms with Gasteiger partial charge in [-0.25, -0.2) is 4.79 Å². The Morgan fingerprint density at radius 3 is 2.47 bits per heavy atom. The normalized spacial score (nSPS) is 12.0. The molecule has 1 rings (SSSR count). The van der Waals surface area contributed by atoms with E-state index in [0.717, 1.165) is 0 Å². The molecule has 0 fully saturated rings. The SMILES string of the molecule is COC(=O)C(NC(=O)Cc1ccccc1O)C(C)C. The molecule has 1 aromatic carbocycles. The van der Waals surface area contributed by atoms with E-state index in [1.54, 1.807) is 18.2 Å². The second-order valence-corrected chi connectivity index (χ2v) is 4.62. The summed E-state index contributed by atoms with van der Waals surface area (Å²) in [5.74, 6) is -0.802. The molecular formula is C14H19NO4. The van der Waals surface area contributed by atoms with Gasteiger partial charge in [-0.1, -0.05) is 32.0 Å². The second kappa shape index (κ2) is 6.78. The van der Waals surface area contributed by atoms with E-state index in [2.05, 4.69) is 10.1 Å². The number of amides is 1. The van der Waals surface area contributed by atoms with Crippen molar-refractivity contribution in [1.29, 1.82) is 0 Å². The molecule has 0 aliphatic heterocycles. The van der Waals surface area contributed by atoms with E-state index in [1.807, 2.05) is 13.8 Å². The third kappa shape index (κ3) is 4.28. The van der Waals surface area contributed by atoms with Crippen molar-refractivity contribution in [3.63, 3.8) is 0 Å². The first-order valence-corrected chi connectivity index (χ1v) is 6.09. The molecule has 0 radical (unpaired) electrons. The van der Waals surface area contributed by atoms with Crippen molar-refractivity contribution < 1.29 is 19.4 Å². The summed E-state index contributed by atoms with van der Waals surface area (Å²) < 4.78 is 4.65. The number of ether oxygens (including phenoxy) is 1. The minimum atomic E-state index is -0.677. The molecule has 5 heteroatoms. The van der Waals surface area contributed by atoms with Crippen LogP contribution in [0.1, 0.15) is 19.4 Å². The third-order valence-corrected chi connectivity index (χ3v) is 2.78. The van der Waals surface area contributed by atoms with Crippen LogP contribution in [0.25, 0.3) is 0 Å². The predicted octanol–water partition coefficient (Wildman–Crippen LogP) is 1.25. The Kier molecular flexibility index (Phi) is 5.36. The molecule has 19 heavy (non-hydrogen) atoms. The van der Waals surface area contributed by atoms with Gasteiger partial charge in [-0.15, -0.1) is 0 Å². The summed E-state index contributed by atoms with van der Waals surface area (Å²) in [6, 6.07) is 5.92. The van der Waals surface area contributed by atoms with Gasteiger partial charge in [-0.3, -0.25) is 4.79 Å². The monoisotopic (exact) mass is 265 g/mol. The lowest BCUT2D eigenvalue weighted by Crippen LogP contribution is -2.45. The van der Waals surface area contributed by atoms with Gasteiger partial charge in [0.1, 0.15) is 11.8 Å². The van der Waals surface area contributed by atoms with Crippen LogP contribution < -0.4 is 5.32 Å². The zero-order valence-electron chi connectivity index (χ0n) is 11.3. The van der Waals surface area contributed by atoms with Gasteiger partial charge in [0, 0.05) is 5.56 Å². The van der Waals surface area contributed by atoms with Crippen molar-refractivity contribution in [2.24, 2.45) is 5.92 Å². The zero-order chi connectivity index (χ0) is 14.4. The van der Waals surface area contributed by atoms with Crippen LogP contribution >= 0.6 is 0 Å². The van der Waals surface area contributed by atoms with Crippen molar-refractivity contribution in [3.05, 3.63) is 29.8 Å². The van der Waals surface area contributed by atoms with Gasteiger partial charge in [-0.2, -0.15) is 0 Å². The first kappa shape index (κ1) is 15.0. The van der Waals surface area contributed by atoms with Crippen LogP contribution in [-0.2, 0) is 20.7 Å². The number of phenols is 1. The Morgan fingerprint density at radius 2 is 1.95 bits per heavy atom. The molecule has 0 aliphatic carbocycles. The summed E-state index contributed by atoms with van der Waals surface area (Å²) in [4.78, 5) is 23.4. The largest absolute Gasteiger partial charge is 0.508 e. The van der Waals surface area contributed by atoms with Gasteiger partial charge in [0.25, 0.3) is 0 Å². The van der Waals surface area contributed by atoms with Crippen LogP contribution in [0.4, 0.5) is 0 Å². The van der Waals surface area contributed by atoms with Gasteiger partial charge in [0.15, 0.2) is 0 Å². The topological polar surface area (TPSA) is 75.6 Å². The highest BCUT2D eigenvalue weighted by molar-refractivity contribution is 5.86. The summed E-state index contributed by atoms with van der Waals surface area (Å²) in [7, 11) is 1.28. The number of hydrogen-bond acceptors (Lipinski definition) is 4.